The van der Waals surface area contributed by atoms with Gasteiger partial charge < -0.3 is 5.73 Å². The van der Waals surface area contributed by atoms with E-state index in [1.165, 1.54) is 18.5 Å². The summed E-state index contributed by atoms with van der Waals surface area (Å²) in [6, 6.07) is 4.65. The minimum atomic E-state index is -3.76. The zero-order valence-electron chi connectivity index (χ0n) is 9.53. The number of sulfonamides is 1. The predicted molar refractivity (Wildman–Crippen MR) is 66.2 cm³/mol. The molecule has 8 heteroatoms. The van der Waals surface area contributed by atoms with Crippen LogP contribution in [0.2, 0.25) is 0 Å². The van der Waals surface area contributed by atoms with E-state index < -0.39 is 10.0 Å². The molecule has 0 spiro atoms. The summed E-state index contributed by atoms with van der Waals surface area (Å²) in [5, 5.41) is 7.10. The summed E-state index contributed by atoms with van der Waals surface area (Å²) < 4.78 is 26.4. The molecule has 0 aliphatic rings. The molecule has 0 bridgehead atoms. The zero-order valence-corrected chi connectivity index (χ0v) is 10.3. The van der Waals surface area contributed by atoms with E-state index in [1.54, 1.807) is 19.1 Å². The second-order valence-electron chi connectivity index (χ2n) is 3.60. The van der Waals surface area contributed by atoms with Crippen LogP contribution in [0.25, 0.3) is 0 Å². The summed E-state index contributed by atoms with van der Waals surface area (Å²) in [5.41, 5.74) is 6.53. The Morgan fingerprint density at radius 3 is 2.72 bits per heavy atom. The maximum absolute atomic E-state index is 12.1. The lowest BCUT2D eigenvalue weighted by molar-refractivity contribution is 0.600. The smallest absolute Gasteiger partial charge is 0.264 e. The van der Waals surface area contributed by atoms with Gasteiger partial charge in [-0.1, -0.05) is 6.07 Å². The van der Waals surface area contributed by atoms with Crippen molar-refractivity contribution in [3.05, 3.63) is 36.2 Å². The molecule has 0 saturated carbocycles. The monoisotopic (exact) mass is 265 g/mol. The molecule has 0 unspecified atom stereocenters. The number of hydrogen-bond donors (Lipinski definition) is 2. The number of hydrogen-bond acceptors (Lipinski definition) is 6. The van der Waals surface area contributed by atoms with Crippen molar-refractivity contribution in [2.75, 3.05) is 10.5 Å². The lowest BCUT2D eigenvalue weighted by Gasteiger charge is -2.09. The maximum atomic E-state index is 12.1. The van der Waals surface area contributed by atoms with Crippen LogP contribution in [0.5, 0.6) is 0 Å². The number of rotatable bonds is 3. The van der Waals surface area contributed by atoms with Crippen LogP contribution in [0.15, 0.2) is 35.5 Å². The molecule has 0 radical (unpaired) electrons. The van der Waals surface area contributed by atoms with Gasteiger partial charge in [0.05, 0.1) is 17.3 Å². The summed E-state index contributed by atoms with van der Waals surface area (Å²) >= 11 is 0. The second kappa shape index (κ2) is 4.57. The molecule has 7 nitrogen and oxygen atoms in total. The van der Waals surface area contributed by atoms with Gasteiger partial charge in [0.2, 0.25) is 0 Å². The normalized spacial score (nSPS) is 11.2. The first-order chi connectivity index (χ1) is 8.49. The molecule has 0 aliphatic heterocycles. The van der Waals surface area contributed by atoms with Gasteiger partial charge in [0.1, 0.15) is 0 Å². The standard InChI is InChI=1S/C10H11N5O2S/c1-7-2-3-8(11)6-9(7)18(16,17)15-10-12-4-5-13-14-10/h2-6H,11H2,1H3,(H,12,14,15). The number of aryl methyl sites for hydroxylation is 1. The largest absolute Gasteiger partial charge is 0.399 e. The molecule has 18 heavy (non-hydrogen) atoms. The molecule has 0 saturated heterocycles. The Morgan fingerprint density at radius 1 is 1.28 bits per heavy atom. The molecule has 1 heterocycles. The molecule has 0 aliphatic carbocycles. The van der Waals surface area contributed by atoms with Crippen LogP contribution < -0.4 is 10.5 Å². The van der Waals surface area contributed by atoms with Gasteiger partial charge >= 0.3 is 0 Å². The summed E-state index contributed by atoms with van der Waals surface area (Å²) in [4.78, 5) is 3.84. The average Bonchev–Trinajstić information content (AvgIpc) is 2.33. The number of anilines is 2. The molecule has 1 aromatic carbocycles. The molecule has 0 atom stereocenters. The van der Waals surface area contributed by atoms with Crippen molar-refractivity contribution >= 4 is 21.7 Å². The van der Waals surface area contributed by atoms with E-state index in [0.29, 0.717) is 11.3 Å². The quantitative estimate of drug-likeness (QED) is 0.784. The Balaban J connectivity index is 2.40. The van der Waals surface area contributed by atoms with Crippen LogP contribution in [0.1, 0.15) is 5.56 Å². The Hall–Kier alpha value is -2.22. The van der Waals surface area contributed by atoms with Crippen LogP contribution >= 0.6 is 0 Å². The summed E-state index contributed by atoms with van der Waals surface area (Å²) in [6.45, 7) is 1.68. The Morgan fingerprint density at radius 2 is 2.06 bits per heavy atom. The van der Waals surface area contributed by atoms with Gasteiger partial charge in [0.15, 0.2) is 0 Å². The summed E-state index contributed by atoms with van der Waals surface area (Å²) in [5.74, 6) is -0.0840. The number of aromatic nitrogens is 3. The highest BCUT2D eigenvalue weighted by molar-refractivity contribution is 7.92. The summed E-state index contributed by atoms with van der Waals surface area (Å²) in [6.07, 6.45) is 2.70. The number of nitrogen functional groups attached to an aromatic ring is 1. The van der Waals surface area contributed by atoms with Crippen LogP contribution in [-0.4, -0.2) is 23.6 Å². The fraction of sp³-hybridized carbons (Fsp3) is 0.100. The Kier molecular flexibility index (Phi) is 3.11. The fourth-order valence-corrected chi connectivity index (χ4v) is 2.60. The molecule has 1 aromatic heterocycles. The summed E-state index contributed by atoms with van der Waals surface area (Å²) in [7, 11) is -3.76. The third-order valence-electron chi connectivity index (χ3n) is 2.21. The van der Waals surface area contributed by atoms with Crippen molar-refractivity contribution in [2.24, 2.45) is 0 Å². The number of nitrogens with zero attached hydrogens (tertiary/aromatic N) is 3. The first kappa shape index (κ1) is 12.2. The fourth-order valence-electron chi connectivity index (χ4n) is 1.38. The van der Waals surface area contributed by atoms with Crippen molar-refractivity contribution in [1.29, 1.82) is 0 Å². The van der Waals surface area contributed by atoms with Gasteiger partial charge in [-0.05, 0) is 24.6 Å². The number of nitrogens with one attached hydrogen (secondary N) is 1. The third-order valence-corrected chi connectivity index (χ3v) is 3.68. The van der Waals surface area contributed by atoms with Crippen molar-refractivity contribution in [1.82, 2.24) is 15.2 Å². The van der Waals surface area contributed by atoms with Crippen LogP contribution in [-0.2, 0) is 10.0 Å². The average molecular weight is 265 g/mol. The van der Waals surface area contributed by atoms with Gasteiger partial charge in [-0.25, -0.2) is 18.1 Å². The van der Waals surface area contributed by atoms with E-state index in [-0.39, 0.29) is 10.8 Å². The highest BCUT2D eigenvalue weighted by Gasteiger charge is 2.18. The Labute approximate surface area is 104 Å². The lowest BCUT2D eigenvalue weighted by Crippen LogP contribution is -2.16. The van der Waals surface area contributed by atoms with E-state index in [2.05, 4.69) is 19.9 Å². The van der Waals surface area contributed by atoms with Crippen molar-refractivity contribution in [3.63, 3.8) is 0 Å². The SMILES string of the molecule is Cc1ccc(N)cc1S(=O)(=O)Nc1nccnn1. The van der Waals surface area contributed by atoms with Gasteiger partial charge in [-0.2, -0.15) is 5.10 Å². The molecule has 2 aromatic rings. The number of nitrogens with two attached hydrogens (primary N) is 1. The van der Waals surface area contributed by atoms with Crippen molar-refractivity contribution in [2.45, 2.75) is 11.8 Å². The van der Waals surface area contributed by atoms with Gasteiger partial charge in [0.25, 0.3) is 16.0 Å². The van der Waals surface area contributed by atoms with Crippen LogP contribution in [0, 0.1) is 6.92 Å². The minimum Gasteiger partial charge on any atom is -0.399 e. The first-order valence-corrected chi connectivity index (χ1v) is 6.50. The molecule has 0 amide bonds. The van der Waals surface area contributed by atoms with E-state index in [4.69, 9.17) is 5.73 Å². The molecule has 0 fully saturated rings. The molecule has 2 rings (SSSR count). The van der Waals surface area contributed by atoms with E-state index in [9.17, 15) is 8.42 Å². The van der Waals surface area contributed by atoms with Gasteiger partial charge in [-0.15, -0.1) is 5.10 Å². The van der Waals surface area contributed by atoms with Crippen molar-refractivity contribution < 1.29 is 8.42 Å². The first-order valence-electron chi connectivity index (χ1n) is 5.02. The topological polar surface area (TPSA) is 111 Å². The van der Waals surface area contributed by atoms with Crippen LogP contribution in [0.4, 0.5) is 11.6 Å². The molecular weight excluding hydrogens is 254 g/mol. The highest BCUT2D eigenvalue weighted by atomic mass is 32.2. The molecular formula is C10H11N5O2S. The van der Waals surface area contributed by atoms with E-state index >= 15 is 0 Å². The second-order valence-corrected chi connectivity index (χ2v) is 5.25. The van der Waals surface area contributed by atoms with Gasteiger partial charge in [-0.3, -0.25) is 0 Å². The minimum absolute atomic E-state index is 0.0840. The molecule has 3 N–H and O–H groups in total. The third kappa shape index (κ3) is 2.54. The van der Waals surface area contributed by atoms with Gasteiger partial charge in [0, 0.05) is 5.69 Å². The lowest BCUT2D eigenvalue weighted by atomic mass is 10.2. The van der Waals surface area contributed by atoms with Crippen LogP contribution in [0.3, 0.4) is 0 Å². The Bertz CT molecular complexity index is 657. The number of benzene rings is 1. The van der Waals surface area contributed by atoms with Crippen molar-refractivity contribution in [3.8, 4) is 0 Å². The van der Waals surface area contributed by atoms with E-state index in [0.717, 1.165) is 0 Å². The zero-order chi connectivity index (χ0) is 13.2. The maximum Gasteiger partial charge on any atom is 0.264 e. The highest BCUT2D eigenvalue weighted by Crippen LogP contribution is 2.19. The predicted octanol–water partition coefficient (Wildman–Crippen LogP) is 0.563. The molecule has 94 valence electrons. The van der Waals surface area contributed by atoms with E-state index in [1.807, 2.05) is 0 Å².